The molecule has 0 fully saturated rings. The van der Waals surface area contributed by atoms with Gasteiger partial charge in [-0.25, -0.2) is 0 Å². The van der Waals surface area contributed by atoms with Crippen LogP contribution in [0.3, 0.4) is 0 Å². The van der Waals surface area contributed by atoms with Crippen molar-refractivity contribution < 1.29 is 0 Å². The van der Waals surface area contributed by atoms with E-state index in [-0.39, 0.29) is 0 Å². The fraction of sp³-hybridized carbons (Fsp3) is 0.125. The van der Waals surface area contributed by atoms with Crippen molar-refractivity contribution in [2.24, 2.45) is 7.05 Å². The van der Waals surface area contributed by atoms with E-state index in [2.05, 4.69) is 5.10 Å². The van der Waals surface area contributed by atoms with Crippen molar-refractivity contribution >= 4 is 23.1 Å². The predicted molar refractivity (Wildman–Crippen MR) is 48.1 cm³/mol. The molecule has 1 aromatic heterocycles. The first-order valence-electron chi connectivity index (χ1n) is 3.43. The molecule has 1 heterocycles. The Morgan fingerprint density at radius 1 is 1.36 bits per heavy atom. The second kappa shape index (κ2) is 2.20. The van der Waals surface area contributed by atoms with Crippen LogP contribution < -0.4 is 0 Å². The van der Waals surface area contributed by atoms with E-state index in [1.54, 1.807) is 0 Å². The fourth-order valence-corrected chi connectivity index (χ4v) is 1.54. The van der Waals surface area contributed by atoms with Crippen LogP contribution in [0, 0.1) is 4.64 Å². The molecule has 1 N–H and O–H groups in total. The fourth-order valence-electron chi connectivity index (χ4n) is 1.23. The minimum atomic E-state index is 0.808. The summed E-state index contributed by atoms with van der Waals surface area (Å²) in [5, 5.41) is 4.16. The Morgan fingerprint density at radius 3 is 2.82 bits per heavy atom. The molecule has 2 aromatic rings. The van der Waals surface area contributed by atoms with E-state index in [0.29, 0.717) is 0 Å². The molecule has 0 aliphatic carbocycles. The number of hydrogen-bond donors (Lipinski definition) is 1. The first-order valence-corrected chi connectivity index (χ1v) is 3.83. The number of nitrogens with zero attached hydrogens (tertiary/aromatic N) is 1. The van der Waals surface area contributed by atoms with Gasteiger partial charge in [-0.1, -0.05) is 24.4 Å². The molecule has 0 amide bonds. The molecule has 0 aliphatic rings. The van der Waals surface area contributed by atoms with Crippen molar-refractivity contribution in [3.63, 3.8) is 0 Å². The zero-order valence-corrected chi connectivity index (χ0v) is 6.98. The number of para-hydroxylation sites is 1. The van der Waals surface area contributed by atoms with Crippen LogP contribution in [0.15, 0.2) is 24.3 Å². The number of hydrogen-bond acceptors (Lipinski definition) is 1. The molecule has 0 saturated heterocycles. The summed E-state index contributed by atoms with van der Waals surface area (Å²) in [6.07, 6.45) is 0. The average Bonchev–Trinajstić information content (AvgIpc) is 2.30. The van der Waals surface area contributed by atoms with Crippen molar-refractivity contribution in [2.75, 3.05) is 0 Å². The number of aromatic amines is 1. The van der Waals surface area contributed by atoms with Crippen LogP contribution in [0.5, 0.6) is 0 Å². The smallest absolute Gasteiger partial charge is 0.127 e. The first-order chi connectivity index (χ1) is 5.29. The van der Waals surface area contributed by atoms with E-state index in [4.69, 9.17) is 12.2 Å². The molecule has 0 aliphatic heterocycles. The highest BCUT2D eigenvalue weighted by atomic mass is 32.1. The maximum absolute atomic E-state index is 5.10. The molecule has 1 aromatic carbocycles. The largest absolute Gasteiger partial charge is 0.289 e. The maximum Gasteiger partial charge on any atom is 0.127 e. The van der Waals surface area contributed by atoms with Gasteiger partial charge in [-0.15, -0.1) is 0 Å². The monoisotopic (exact) mass is 164 g/mol. The minimum absolute atomic E-state index is 0.808. The SMILES string of the molecule is Cn1[nH]c(=S)c2ccccc21. The van der Waals surface area contributed by atoms with Crippen molar-refractivity contribution in [2.45, 2.75) is 0 Å². The van der Waals surface area contributed by atoms with Gasteiger partial charge in [0.15, 0.2) is 0 Å². The van der Waals surface area contributed by atoms with Gasteiger partial charge in [-0.2, -0.15) is 0 Å². The normalized spacial score (nSPS) is 10.6. The van der Waals surface area contributed by atoms with Gasteiger partial charge >= 0.3 is 0 Å². The summed E-state index contributed by atoms with van der Waals surface area (Å²) in [6.45, 7) is 0. The number of H-pyrrole nitrogens is 1. The van der Waals surface area contributed by atoms with E-state index in [1.165, 1.54) is 0 Å². The maximum atomic E-state index is 5.10. The lowest BCUT2D eigenvalue weighted by Gasteiger charge is -1.91. The van der Waals surface area contributed by atoms with Crippen LogP contribution in [0.2, 0.25) is 0 Å². The quantitative estimate of drug-likeness (QED) is 0.592. The van der Waals surface area contributed by atoms with Crippen molar-refractivity contribution in [1.29, 1.82) is 0 Å². The zero-order chi connectivity index (χ0) is 7.84. The van der Waals surface area contributed by atoms with Crippen LogP contribution in [-0.2, 0) is 7.05 Å². The average molecular weight is 164 g/mol. The molecule has 56 valence electrons. The number of aromatic nitrogens is 2. The Kier molecular flexibility index (Phi) is 1.32. The number of fused-ring (bicyclic) bond motifs is 1. The summed E-state index contributed by atoms with van der Waals surface area (Å²) in [5.41, 5.74) is 1.15. The Balaban J connectivity index is 3.07. The summed E-state index contributed by atoms with van der Waals surface area (Å²) in [5.74, 6) is 0. The standard InChI is InChI=1S/C8H8N2S/c1-10-7-5-3-2-4-6(7)8(11)9-10/h2-5H,1H3,(H,9,11). The third-order valence-corrected chi connectivity index (χ3v) is 2.09. The summed E-state index contributed by atoms with van der Waals surface area (Å²) in [6, 6.07) is 8.06. The highest BCUT2D eigenvalue weighted by molar-refractivity contribution is 7.71. The van der Waals surface area contributed by atoms with E-state index >= 15 is 0 Å². The molecule has 2 nitrogen and oxygen atoms in total. The van der Waals surface area contributed by atoms with Gasteiger partial charge in [-0.05, 0) is 12.1 Å². The van der Waals surface area contributed by atoms with E-state index in [0.717, 1.165) is 15.5 Å². The van der Waals surface area contributed by atoms with Gasteiger partial charge < -0.3 is 0 Å². The van der Waals surface area contributed by atoms with Gasteiger partial charge in [0, 0.05) is 12.4 Å². The summed E-state index contributed by atoms with van der Waals surface area (Å²) in [4.78, 5) is 0. The molecule has 3 heteroatoms. The lowest BCUT2D eigenvalue weighted by atomic mass is 10.3. The topological polar surface area (TPSA) is 20.7 Å². The van der Waals surface area contributed by atoms with Gasteiger partial charge in [-0.3, -0.25) is 9.78 Å². The summed E-state index contributed by atoms with van der Waals surface area (Å²) in [7, 11) is 1.96. The third-order valence-electron chi connectivity index (χ3n) is 1.78. The van der Waals surface area contributed by atoms with Gasteiger partial charge in [0.2, 0.25) is 0 Å². The highest BCUT2D eigenvalue weighted by Crippen LogP contribution is 2.12. The lowest BCUT2D eigenvalue weighted by Crippen LogP contribution is -1.87. The molecule has 0 radical (unpaired) electrons. The van der Waals surface area contributed by atoms with Crippen LogP contribution in [0.1, 0.15) is 0 Å². The molecule has 0 bridgehead atoms. The number of rotatable bonds is 0. The molecule has 0 unspecified atom stereocenters. The molecule has 0 saturated carbocycles. The molecule has 0 spiro atoms. The van der Waals surface area contributed by atoms with Crippen LogP contribution in [0.25, 0.3) is 10.9 Å². The Labute approximate surface area is 69.4 Å². The molecule has 2 rings (SSSR count). The number of aryl methyl sites for hydroxylation is 1. The van der Waals surface area contributed by atoms with E-state index in [1.807, 2.05) is 36.0 Å². The molecule has 0 atom stereocenters. The Morgan fingerprint density at radius 2 is 2.09 bits per heavy atom. The van der Waals surface area contributed by atoms with E-state index in [9.17, 15) is 0 Å². The Bertz CT molecular complexity index is 439. The third kappa shape index (κ3) is 0.886. The van der Waals surface area contributed by atoms with Crippen molar-refractivity contribution in [3.05, 3.63) is 28.9 Å². The van der Waals surface area contributed by atoms with Crippen LogP contribution in [-0.4, -0.2) is 9.78 Å². The zero-order valence-electron chi connectivity index (χ0n) is 6.16. The molecular formula is C8H8N2S. The second-order valence-electron chi connectivity index (χ2n) is 2.52. The van der Waals surface area contributed by atoms with Gasteiger partial charge in [0.05, 0.1) is 5.52 Å². The Hall–Kier alpha value is -1.09. The number of benzene rings is 1. The van der Waals surface area contributed by atoms with Crippen LogP contribution >= 0.6 is 12.2 Å². The minimum Gasteiger partial charge on any atom is -0.289 e. The summed E-state index contributed by atoms with van der Waals surface area (Å²) >= 11 is 5.10. The second-order valence-corrected chi connectivity index (χ2v) is 2.93. The number of nitrogens with one attached hydrogen (secondary N) is 1. The molecular weight excluding hydrogens is 156 g/mol. The predicted octanol–water partition coefficient (Wildman–Crippen LogP) is 2.24. The van der Waals surface area contributed by atoms with Crippen molar-refractivity contribution in [1.82, 2.24) is 9.78 Å². The highest BCUT2D eigenvalue weighted by Gasteiger charge is 1.96. The van der Waals surface area contributed by atoms with Crippen molar-refractivity contribution in [3.8, 4) is 0 Å². The lowest BCUT2D eigenvalue weighted by molar-refractivity contribution is 0.792. The van der Waals surface area contributed by atoms with Gasteiger partial charge in [0.1, 0.15) is 4.64 Å². The molecule has 11 heavy (non-hydrogen) atoms. The van der Waals surface area contributed by atoms with Gasteiger partial charge in [0.25, 0.3) is 0 Å². The summed E-state index contributed by atoms with van der Waals surface area (Å²) < 4.78 is 2.74. The van der Waals surface area contributed by atoms with Crippen LogP contribution in [0.4, 0.5) is 0 Å². The van der Waals surface area contributed by atoms with E-state index < -0.39 is 0 Å². The first kappa shape index (κ1) is 6.61.